The van der Waals surface area contributed by atoms with Gasteiger partial charge in [-0.15, -0.1) is 0 Å². The highest BCUT2D eigenvalue weighted by Gasteiger charge is 2.36. The summed E-state index contributed by atoms with van der Waals surface area (Å²) >= 11 is 0. The molecule has 0 aliphatic heterocycles. The first-order valence-electron chi connectivity index (χ1n) is 3.18. The second-order valence-corrected chi connectivity index (χ2v) is 2.42. The topological polar surface area (TPSA) is 47.8 Å². The van der Waals surface area contributed by atoms with Crippen LogP contribution in [-0.4, -0.2) is 12.6 Å². The van der Waals surface area contributed by atoms with Crippen LogP contribution >= 0.6 is 0 Å². The minimum absolute atomic E-state index is 0.241. The van der Waals surface area contributed by atoms with E-state index in [4.69, 9.17) is 5.26 Å². The summed E-state index contributed by atoms with van der Waals surface area (Å²) in [6, 6.07) is 2.24. The minimum Gasteiger partial charge on any atom is -0.259 e. The maximum Gasteiger partial charge on any atom is 0.118 e. The second kappa shape index (κ2) is 2.34. The zero-order valence-electron chi connectivity index (χ0n) is 5.57. The van der Waals surface area contributed by atoms with Crippen molar-refractivity contribution >= 4 is 0 Å². The van der Waals surface area contributed by atoms with Crippen molar-refractivity contribution in [3.05, 3.63) is 0 Å². The number of nitriles is 1. The molecule has 2 N–H and O–H groups in total. The lowest BCUT2D eigenvalue weighted by Crippen LogP contribution is -2.54. The van der Waals surface area contributed by atoms with Crippen LogP contribution in [0.25, 0.3) is 0 Å². The van der Waals surface area contributed by atoms with Gasteiger partial charge in [0, 0.05) is 0 Å². The summed E-state index contributed by atoms with van der Waals surface area (Å²) in [6.07, 6.45) is 3.12. The van der Waals surface area contributed by atoms with E-state index >= 15 is 0 Å². The van der Waals surface area contributed by atoms with E-state index in [0.29, 0.717) is 0 Å². The molecule has 0 amide bonds. The van der Waals surface area contributed by atoms with Crippen LogP contribution in [0.4, 0.5) is 0 Å². The Bertz CT molecular complexity index is 132. The average molecular weight is 125 g/mol. The maximum atomic E-state index is 8.62. The van der Waals surface area contributed by atoms with Gasteiger partial charge in [0.2, 0.25) is 0 Å². The van der Waals surface area contributed by atoms with E-state index in [1.165, 1.54) is 6.42 Å². The van der Waals surface area contributed by atoms with E-state index in [1.807, 2.05) is 0 Å². The minimum atomic E-state index is -0.241. The van der Waals surface area contributed by atoms with E-state index in [0.717, 1.165) is 12.8 Å². The molecular weight excluding hydrogens is 114 g/mol. The Morgan fingerprint density at radius 1 is 1.56 bits per heavy atom. The van der Waals surface area contributed by atoms with Crippen LogP contribution in [0.1, 0.15) is 19.3 Å². The second-order valence-electron chi connectivity index (χ2n) is 2.42. The van der Waals surface area contributed by atoms with Crippen LogP contribution in [0.2, 0.25) is 0 Å². The van der Waals surface area contributed by atoms with Gasteiger partial charge in [-0.1, -0.05) is 0 Å². The van der Waals surface area contributed by atoms with Gasteiger partial charge >= 0.3 is 0 Å². The molecule has 0 spiro atoms. The summed E-state index contributed by atoms with van der Waals surface area (Å²) in [5.74, 6) is 0. The van der Waals surface area contributed by atoms with Gasteiger partial charge in [0.25, 0.3) is 0 Å². The fraction of sp³-hybridized carbons (Fsp3) is 0.833. The summed E-state index contributed by atoms with van der Waals surface area (Å²) in [5, 5.41) is 8.62. The molecule has 0 bridgehead atoms. The van der Waals surface area contributed by atoms with Gasteiger partial charge in [-0.2, -0.15) is 5.26 Å². The highest BCUT2D eigenvalue weighted by molar-refractivity contribution is 5.11. The van der Waals surface area contributed by atoms with Gasteiger partial charge in [0.1, 0.15) is 5.54 Å². The predicted molar refractivity (Wildman–Crippen MR) is 34.4 cm³/mol. The van der Waals surface area contributed by atoms with Crippen molar-refractivity contribution in [1.82, 2.24) is 10.9 Å². The van der Waals surface area contributed by atoms with Crippen LogP contribution in [0, 0.1) is 11.3 Å². The summed E-state index contributed by atoms with van der Waals surface area (Å²) in [6.45, 7) is 0. The number of hydrazine groups is 1. The standard InChI is InChI=1S/C6H11N3/c1-8-9-6(5-7)3-2-4-6/h8-9H,2-4H2,1H3. The number of rotatable bonds is 2. The molecule has 3 heteroatoms. The molecule has 1 saturated carbocycles. The third-order valence-corrected chi connectivity index (χ3v) is 1.79. The molecule has 50 valence electrons. The average Bonchev–Trinajstić information content (AvgIpc) is 1.79. The van der Waals surface area contributed by atoms with Crippen molar-refractivity contribution in [1.29, 1.82) is 5.26 Å². The molecule has 0 heterocycles. The van der Waals surface area contributed by atoms with E-state index < -0.39 is 0 Å². The van der Waals surface area contributed by atoms with Crippen LogP contribution in [-0.2, 0) is 0 Å². The van der Waals surface area contributed by atoms with Crippen molar-refractivity contribution in [2.45, 2.75) is 24.8 Å². The molecule has 0 atom stereocenters. The molecule has 0 radical (unpaired) electrons. The molecule has 0 saturated heterocycles. The third-order valence-electron chi connectivity index (χ3n) is 1.79. The largest absolute Gasteiger partial charge is 0.259 e. The van der Waals surface area contributed by atoms with Crippen LogP contribution in [0.5, 0.6) is 0 Å². The lowest BCUT2D eigenvalue weighted by Gasteiger charge is -2.35. The summed E-state index contributed by atoms with van der Waals surface area (Å²) < 4.78 is 0. The lowest BCUT2D eigenvalue weighted by atomic mass is 9.79. The first kappa shape index (κ1) is 6.53. The Hall–Kier alpha value is -0.590. The van der Waals surface area contributed by atoms with Gasteiger partial charge in [-0.05, 0) is 26.3 Å². The number of hydrogen-bond acceptors (Lipinski definition) is 3. The van der Waals surface area contributed by atoms with Gasteiger partial charge < -0.3 is 0 Å². The fourth-order valence-electron chi connectivity index (χ4n) is 1.03. The lowest BCUT2D eigenvalue weighted by molar-refractivity contribution is 0.232. The molecule has 0 aromatic heterocycles. The van der Waals surface area contributed by atoms with Crippen LogP contribution in [0.15, 0.2) is 0 Å². The zero-order valence-corrected chi connectivity index (χ0v) is 5.57. The highest BCUT2D eigenvalue weighted by atomic mass is 15.4. The Morgan fingerprint density at radius 3 is 2.33 bits per heavy atom. The smallest absolute Gasteiger partial charge is 0.118 e. The van der Waals surface area contributed by atoms with Gasteiger partial charge in [0.05, 0.1) is 6.07 Å². The maximum absolute atomic E-state index is 8.62. The first-order chi connectivity index (χ1) is 4.33. The Labute approximate surface area is 55.0 Å². The van der Waals surface area contributed by atoms with Crippen molar-refractivity contribution < 1.29 is 0 Å². The van der Waals surface area contributed by atoms with Crippen LogP contribution in [0.3, 0.4) is 0 Å². The molecule has 0 aromatic carbocycles. The number of hydrogen-bond donors (Lipinski definition) is 2. The van der Waals surface area contributed by atoms with Crippen molar-refractivity contribution in [2.24, 2.45) is 0 Å². The molecule has 1 fully saturated rings. The molecule has 1 aliphatic carbocycles. The Morgan fingerprint density at radius 2 is 2.22 bits per heavy atom. The molecule has 9 heavy (non-hydrogen) atoms. The highest BCUT2D eigenvalue weighted by Crippen LogP contribution is 2.29. The summed E-state index contributed by atoms with van der Waals surface area (Å²) in [7, 11) is 1.79. The van der Waals surface area contributed by atoms with Gasteiger partial charge in [-0.25, -0.2) is 5.43 Å². The number of nitrogens with one attached hydrogen (secondary N) is 2. The molecule has 0 unspecified atom stereocenters. The fourth-order valence-corrected chi connectivity index (χ4v) is 1.03. The third kappa shape index (κ3) is 1.04. The Balaban J connectivity index is 2.40. The monoisotopic (exact) mass is 125 g/mol. The summed E-state index contributed by atoms with van der Waals surface area (Å²) in [5.41, 5.74) is 5.48. The van der Waals surface area contributed by atoms with E-state index in [2.05, 4.69) is 16.9 Å². The van der Waals surface area contributed by atoms with Crippen molar-refractivity contribution in [2.75, 3.05) is 7.05 Å². The van der Waals surface area contributed by atoms with E-state index in [-0.39, 0.29) is 5.54 Å². The molecule has 1 aliphatic rings. The quantitative estimate of drug-likeness (QED) is 0.517. The van der Waals surface area contributed by atoms with Crippen molar-refractivity contribution in [3.8, 4) is 6.07 Å². The number of nitrogens with zero attached hydrogens (tertiary/aromatic N) is 1. The van der Waals surface area contributed by atoms with Crippen LogP contribution < -0.4 is 10.9 Å². The molecular formula is C6H11N3. The van der Waals surface area contributed by atoms with E-state index in [1.54, 1.807) is 7.05 Å². The first-order valence-corrected chi connectivity index (χ1v) is 3.18. The molecule has 1 rings (SSSR count). The van der Waals surface area contributed by atoms with Gasteiger partial charge in [0.15, 0.2) is 0 Å². The predicted octanol–water partition coefficient (Wildman–Crippen LogP) is 0.157. The normalized spacial score (nSPS) is 22.2. The molecule has 0 aromatic rings. The SMILES string of the molecule is CNNC1(C#N)CCC1. The Kier molecular flexibility index (Phi) is 1.70. The zero-order chi connectivity index (χ0) is 6.74. The van der Waals surface area contributed by atoms with E-state index in [9.17, 15) is 0 Å². The van der Waals surface area contributed by atoms with Gasteiger partial charge in [-0.3, -0.25) is 5.43 Å². The molecule has 3 nitrogen and oxygen atoms in total. The van der Waals surface area contributed by atoms with Crippen molar-refractivity contribution in [3.63, 3.8) is 0 Å². The summed E-state index contributed by atoms with van der Waals surface area (Å²) in [4.78, 5) is 0.